The van der Waals surface area contributed by atoms with Crippen molar-refractivity contribution in [2.75, 3.05) is 0 Å². The highest BCUT2D eigenvalue weighted by molar-refractivity contribution is 6.74. The van der Waals surface area contributed by atoms with Gasteiger partial charge in [0.15, 0.2) is 13.5 Å². The minimum atomic E-state index is -1.73. The predicted octanol–water partition coefficient (Wildman–Crippen LogP) is 3.90. The van der Waals surface area contributed by atoms with E-state index in [1.54, 1.807) is 4.52 Å². The zero-order valence-corrected chi connectivity index (χ0v) is 13.8. The van der Waals surface area contributed by atoms with Gasteiger partial charge in [0, 0.05) is 6.20 Å². The highest BCUT2D eigenvalue weighted by atomic mass is 35.5. The van der Waals surface area contributed by atoms with Gasteiger partial charge in [-0.15, -0.1) is 0 Å². The standard InChI is InChI=1S/C13H20ClN3OSi/c1-13(2,3)19(4,5)18-8-10-6-11-12(14)15-9-16-17(11)7-10/h6-7,9H,8H2,1-5H3. The molecule has 0 radical (unpaired) electrons. The van der Waals surface area contributed by atoms with Gasteiger partial charge >= 0.3 is 0 Å². The van der Waals surface area contributed by atoms with Crippen molar-refractivity contribution in [3.63, 3.8) is 0 Å². The van der Waals surface area contributed by atoms with Crippen LogP contribution in [0.5, 0.6) is 0 Å². The van der Waals surface area contributed by atoms with Crippen LogP contribution < -0.4 is 0 Å². The maximum atomic E-state index is 6.18. The van der Waals surface area contributed by atoms with Gasteiger partial charge in [-0.3, -0.25) is 0 Å². The first-order valence-corrected chi connectivity index (χ1v) is 9.61. The van der Waals surface area contributed by atoms with Crippen LogP contribution in [0.3, 0.4) is 0 Å². The summed E-state index contributed by atoms with van der Waals surface area (Å²) >= 11 is 6.03. The predicted molar refractivity (Wildman–Crippen MR) is 80.0 cm³/mol. The minimum absolute atomic E-state index is 0.212. The molecule has 0 aromatic carbocycles. The number of aromatic nitrogens is 3. The lowest BCUT2D eigenvalue weighted by molar-refractivity contribution is 0.276. The second kappa shape index (κ2) is 4.88. The number of nitrogens with zero attached hydrogens (tertiary/aromatic N) is 3. The van der Waals surface area contributed by atoms with E-state index in [1.807, 2.05) is 12.3 Å². The van der Waals surface area contributed by atoms with Crippen LogP contribution in [0.2, 0.25) is 23.3 Å². The molecule has 0 unspecified atom stereocenters. The molecule has 0 saturated carbocycles. The Hall–Kier alpha value is -0.913. The zero-order chi connectivity index (χ0) is 14.3. The Kier molecular flexibility index (Phi) is 3.73. The van der Waals surface area contributed by atoms with E-state index in [4.69, 9.17) is 16.0 Å². The van der Waals surface area contributed by atoms with Crippen molar-refractivity contribution in [2.24, 2.45) is 0 Å². The maximum absolute atomic E-state index is 6.18. The van der Waals surface area contributed by atoms with Crippen LogP contribution in [0, 0.1) is 0 Å². The van der Waals surface area contributed by atoms with E-state index < -0.39 is 8.32 Å². The number of rotatable bonds is 3. The van der Waals surface area contributed by atoms with Gasteiger partial charge in [-0.25, -0.2) is 9.50 Å². The highest BCUT2D eigenvalue weighted by Gasteiger charge is 2.37. The van der Waals surface area contributed by atoms with Crippen molar-refractivity contribution in [2.45, 2.75) is 45.5 Å². The Morgan fingerprint density at radius 1 is 1.37 bits per heavy atom. The van der Waals surface area contributed by atoms with Gasteiger partial charge in [-0.2, -0.15) is 5.10 Å². The number of halogens is 1. The van der Waals surface area contributed by atoms with E-state index in [0.717, 1.165) is 11.1 Å². The molecule has 0 aliphatic rings. The molecule has 2 aromatic heterocycles. The molecule has 0 amide bonds. The third-order valence-electron chi connectivity index (χ3n) is 3.82. The van der Waals surface area contributed by atoms with Crippen LogP contribution in [-0.2, 0) is 11.0 Å². The molecule has 4 nitrogen and oxygen atoms in total. The molecular formula is C13H20ClN3OSi. The van der Waals surface area contributed by atoms with Crippen LogP contribution in [0.1, 0.15) is 26.3 Å². The fraction of sp³-hybridized carbons (Fsp3) is 0.538. The molecule has 0 bridgehead atoms. The van der Waals surface area contributed by atoms with E-state index in [-0.39, 0.29) is 5.04 Å². The summed E-state index contributed by atoms with van der Waals surface area (Å²) < 4.78 is 7.92. The van der Waals surface area contributed by atoms with Crippen molar-refractivity contribution in [3.05, 3.63) is 29.3 Å². The molecule has 0 spiro atoms. The van der Waals surface area contributed by atoms with Crippen LogP contribution in [0.4, 0.5) is 0 Å². The number of hydrogen-bond donors (Lipinski definition) is 0. The Morgan fingerprint density at radius 2 is 2.05 bits per heavy atom. The van der Waals surface area contributed by atoms with Crippen molar-refractivity contribution in [1.82, 2.24) is 14.6 Å². The Morgan fingerprint density at radius 3 is 2.63 bits per heavy atom. The van der Waals surface area contributed by atoms with Gasteiger partial charge < -0.3 is 4.43 Å². The van der Waals surface area contributed by atoms with Crippen LogP contribution >= 0.6 is 11.6 Å². The Labute approximate surface area is 119 Å². The first kappa shape index (κ1) is 14.5. The normalized spacial score (nSPS) is 13.2. The molecule has 0 fully saturated rings. The van der Waals surface area contributed by atoms with Gasteiger partial charge in [0.05, 0.1) is 6.61 Å². The summed E-state index contributed by atoms with van der Waals surface area (Å²) in [5, 5.41) is 4.81. The molecule has 0 aliphatic carbocycles. The highest BCUT2D eigenvalue weighted by Crippen LogP contribution is 2.37. The van der Waals surface area contributed by atoms with E-state index in [1.165, 1.54) is 6.33 Å². The van der Waals surface area contributed by atoms with E-state index in [2.05, 4.69) is 43.9 Å². The molecule has 0 saturated heterocycles. The van der Waals surface area contributed by atoms with Crippen molar-refractivity contribution < 1.29 is 4.43 Å². The SMILES string of the molecule is CC(C)(C)[Si](C)(C)OCc1cc2c(Cl)ncnn2c1. The summed E-state index contributed by atoms with van der Waals surface area (Å²) in [6.45, 7) is 11.8. The van der Waals surface area contributed by atoms with Crippen LogP contribution in [0.15, 0.2) is 18.6 Å². The second-order valence-electron chi connectivity index (χ2n) is 6.28. The molecule has 0 aliphatic heterocycles. The first-order valence-electron chi connectivity index (χ1n) is 6.32. The van der Waals surface area contributed by atoms with Gasteiger partial charge in [0.1, 0.15) is 11.8 Å². The smallest absolute Gasteiger partial charge is 0.192 e. The number of fused-ring (bicyclic) bond motifs is 1. The lowest BCUT2D eigenvalue weighted by Gasteiger charge is -2.36. The largest absolute Gasteiger partial charge is 0.413 e. The van der Waals surface area contributed by atoms with Crippen LogP contribution in [0.25, 0.3) is 5.52 Å². The zero-order valence-electron chi connectivity index (χ0n) is 12.1. The quantitative estimate of drug-likeness (QED) is 0.807. The monoisotopic (exact) mass is 297 g/mol. The molecule has 0 atom stereocenters. The third-order valence-corrected chi connectivity index (χ3v) is 8.59. The fourth-order valence-electron chi connectivity index (χ4n) is 1.51. The fourth-order valence-corrected chi connectivity index (χ4v) is 2.66. The van der Waals surface area contributed by atoms with E-state index >= 15 is 0 Å². The summed E-state index contributed by atoms with van der Waals surface area (Å²) in [5.41, 5.74) is 1.89. The molecule has 2 aromatic rings. The average Bonchev–Trinajstić information content (AvgIpc) is 2.69. The summed E-state index contributed by atoms with van der Waals surface area (Å²) in [6.07, 6.45) is 3.39. The topological polar surface area (TPSA) is 39.4 Å². The first-order chi connectivity index (χ1) is 8.71. The lowest BCUT2D eigenvalue weighted by Crippen LogP contribution is -2.40. The minimum Gasteiger partial charge on any atom is -0.413 e. The van der Waals surface area contributed by atoms with Gasteiger partial charge in [-0.1, -0.05) is 32.4 Å². The summed E-state index contributed by atoms with van der Waals surface area (Å²) in [7, 11) is -1.73. The molecule has 2 heterocycles. The molecule has 0 N–H and O–H groups in total. The molecule has 6 heteroatoms. The molecule has 104 valence electrons. The van der Waals surface area contributed by atoms with Gasteiger partial charge in [0.25, 0.3) is 0 Å². The summed E-state index contributed by atoms with van der Waals surface area (Å²) in [4.78, 5) is 3.97. The maximum Gasteiger partial charge on any atom is 0.192 e. The van der Waals surface area contributed by atoms with Gasteiger partial charge in [-0.05, 0) is 29.8 Å². The van der Waals surface area contributed by atoms with Crippen molar-refractivity contribution in [3.8, 4) is 0 Å². The third kappa shape index (κ3) is 2.99. The molecular weight excluding hydrogens is 278 g/mol. The summed E-state index contributed by atoms with van der Waals surface area (Å²) in [6, 6.07) is 1.98. The Balaban J connectivity index is 2.17. The Bertz CT molecular complexity index is 589. The molecule has 2 rings (SSSR count). The number of hydrogen-bond acceptors (Lipinski definition) is 3. The second-order valence-corrected chi connectivity index (χ2v) is 11.4. The van der Waals surface area contributed by atoms with E-state index in [9.17, 15) is 0 Å². The van der Waals surface area contributed by atoms with Crippen molar-refractivity contribution in [1.29, 1.82) is 0 Å². The van der Waals surface area contributed by atoms with Gasteiger partial charge in [0.2, 0.25) is 0 Å². The van der Waals surface area contributed by atoms with Crippen LogP contribution in [-0.4, -0.2) is 22.9 Å². The summed E-state index contributed by atoms with van der Waals surface area (Å²) in [5.74, 6) is 0. The molecule has 19 heavy (non-hydrogen) atoms. The average molecular weight is 298 g/mol. The lowest BCUT2D eigenvalue weighted by atomic mass is 10.2. The van der Waals surface area contributed by atoms with Crippen molar-refractivity contribution >= 4 is 25.4 Å². The van der Waals surface area contributed by atoms with E-state index in [0.29, 0.717) is 11.8 Å².